The number of pyridine rings is 1. The minimum atomic E-state index is 0.717. The molecular weight excluding hydrogens is 288 g/mol. The lowest BCUT2D eigenvalue weighted by atomic mass is 9.84. The van der Waals surface area contributed by atoms with Crippen molar-refractivity contribution >= 4 is 21.6 Å². The van der Waals surface area contributed by atoms with Gasteiger partial charge in [0.2, 0.25) is 0 Å². The van der Waals surface area contributed by atoms with Crippen LogP contribution in [-0.4, -0.2) is 11.5 Å². The molecule has 0 saturated carbocycles. The quantitative estimate of drug-likeness (QED) is 0.654. The molecule has 0 amide bonds. The molecule has 18 heavy (non-hydrogen) atoms. The Hall–Kier alpha value is -0.830. The fraction of sp³-hybridized carbons (Fsp3) is 0.533. The first-order valence-electron chi connectivity index (χ1n) is 6.59. The molecule has 1 heterocycles. The second kappa shape index (κ2) is 5.87. The molecule has 1 aromatic rings. The highest BCUT2D eigenvalue weighted by molar-refractivity contribution is 9.10. The van der Waals surface area contributed by atoms with Gasteiger partial charge < -0.3 is 5.32 Å². The molecule has 0 aliphatic heterocycles. The predicted molar refractivity (Wildman–Crippen MR) is 80.8 cm³/mol. The molecule has 1 N–H and O–H groups in total. The van der Waals surface area contributed by atoms with E-state index in [2.05, 4.69) is 52.2 Å². The van der Waals surface area contributed by atoms with Gasteiger partial charge in [0.15, 0.2) is 0 Å². The van der Waals surface area contributed by atoms with E-state index in [0.29, 0.717) is 0 Å². The lowest BCUT2D eigenvalue weighted by Crippen LogP contribution is -2.20. The molecule has 2 atom stereocenters. The second-order valence-electron chi connectivity index (χ2n) is 5.44. The van der Waals surface area contributed by atoms with Gasteiger partial charge in [0, 0.05) is 6.54 Å². The van der Waals surface area contributed by atoms with Gasteiger partial charge in [0.25, 0.3) is 0 Å². The minimum absolute atomic E-state index is 0.717. The highest BCUT2D eigenvalue weighted by Gasteiger charge is 2.17. The molecule has 0 spiro atoms. The van der Waals surface area contributed by atoms with E-state index in [1.54, 1.807) is 0 Å². The molecule has 0 aromatic carbocycles. The van der Waals surface area contributed by atoms with Crippen LogP contribution in [0.5, 0.6) is 0 Å². The highest BCUT2D eigenvalue weighted by atomic mass is 79.9. The first kappa shape index (κ1) is 13.6. The van der Waals surface area contributed by atoms with Crippen molar-refractivity contribution in [3.8, 4) is 0 Å². The van der Waals surface area contributed by atoms with Crippen molar-refractivity contribution in [2.45, 2.75) is 33.6 Å². The molecule has 0 bridgehead atoms. The maximum absolute atomic E-state index is 4.41. The van der Waals surface area contributed by atoms with Crippen molar-refractivity contribution in [2.75, 3.05) is 11.9 Å². The summed E-state index contributed by atoms with van der Waals surface area (Å²) in [5, 5.41) is 3.54. The summed E-state index contributed by atoms with van der Waals surface area (Å²) in [5.41, 5.74) is 3.74. The van der Waals surface area contributed by atoms with E-state index in [0.717, 1.165) is 34.4 Å². The van der Waals surface area contributed by atoms with Crippen LogP contribution in [0.25, 0.3) is 0 Å². The Balaban J connectivity index is 1.94. The molecule has 2 rings (SSSR count). The lowest BCUT2D eigenvalue weighted by Gasteiger charge is -2.26. The number of allylic oxidation sites excluding steroid dienone is 2. The molecule has 1 aliphatic rings. The van der Waals surface area contributed by atoms with Crippen LogP contribution in [0.4, 0.5) is 5.69 Å². The van der Waals surface area contributed by atoms with Gasteiger partial charge >= 0.3 is 0 Å². The summed E-state index contributed by atoms with van der Waals surface area (Å²) in [6.07, 6.45) is 4.91. The van der Waals surface area contributed by atoms with Gasteiger partial charge in [-0.15, -0.1) is 0 Å². The van der Waals surface area contributed by atoms with Gasteiger partial charge in [-0.25, -0.2) is 4.98 Å². The first-order valence-corrected chi connectivity index (χ1v) is 7.38. The minimum Gasteiger partial charge on any atom is -0.383 e. The van der Waals surface area contributed by atoms with Gasteiger partial charge in [-0.05, 0) is 66.6 Å². The summed E-state index contributed by atoms with van der Waals surface area (Å²) in [5.74, 6) is 1.46. The standard InChI is InChI=1S/C15H21BrN2/c1-10-6-11(2)8-13(7-10)9-17-14-4-5-15(16)18-12(14)3/h4-6,10,13,17H,7-9H2,1-3H3. The van der Waals surface area contributed by atoms with E-state index in [1.807, 2.05) is 13.0 Å². The third kappa shape index (κ3) is 3.58. The van der Waals surface area contributed by atoms with Gasteiger partial charge in [-0.1, -0.05) is 18.6 Å². The summed E-state index contributed by atoms with van der Waals surface area (Å²) in [6, 6.07) is 4.09. The topological polar surface area (TPSA) is 24.9 Å². The van der Waals surface area contributed by atoms with Crippen LogP contribution in [0.1, 0.15) is 32.4 Å². The number of rotatable bonds is 3. The molecule has 0 radical (unpaired) electrons. The Labute approximate surface area is 118 Å². The number of nitrogens with zero attached hydrogens (tertiary/aromatic N) is 1. The number of hydrogen-bond donors (Lipinski definition) is 1. The fourth-order valence-corrected chi connectivity index (χ4v) is 3.21. The van der Waals surface area contributed by atoms with Crippen LogP contribution in [0, 0.1) is 18.8 Å². The number of nitrogens with one attached hydrogen (secondary N) is 1. The van der Waals surface area contributed by atoms with Crippen LogP contribution in [0.2, 0.25) is 0 Å². The van der Waals surface area contributed by atoms with Gasteiger partial charge in [0.05, 0.1) is 11.4 Å². The summed E-state index contributed by atoms with van der Waals surface area (Å²) in [4.78, 5) is 4.41. The predicted octanol–water partition coefficient (Wildman–Crippen LogP) is 4.56. The van der Waals surface area contributed by atoms with Crippen LogP contribution in [0.3, 0.4) is 0 Å². The zero-order chi connectivity index (χ0) is 13.1. The third-order valence-corrected chi connectivity index (χ3v) is 3.96. The van der Waals surface area contributed by atoms with Crippen molar-refractivity contribution in [1.29, 1.82) is 0 Å². The van der Waals surface area contributed by atoms with Crippen LogP contribution >= 0.6 is 15.9 Å². The Kier molecular flexibility index (Phi) is 4.44. The molecule has 3 heteroatoms. The smallest absolute Gasteiger partial charge is 0.106 e. The van der Waals surface area contributed by atoms with Gasteiger partial charge in [0.1, 0.15) is 4.60 Å². The molecule has 1 aromatic heterocycles. The Bertz CT molecular complexity index is 454. The third-order valence-electron chi connectivity index (χ3n) is 3.52. The number of hydrogen-bond acceptors (Lipinski definition) is 2. The van der Waals surface area contributed by atoms with E-state index in [9.17, 15) is 0 Å². The van der Waals surface area contributed by atoms with Crippen molar-refractivity contribution in [2.24, 2.45) is 11.8 Å². The number of halogens is 1. The summed E-state index contributed by atoms with van der Waals surface area (Å²) >= 11 is 3.39. The van der Waals surface area contributed by atoms with E-state index in [-0.39, 0.29) is 0 Å². The summed E-state index contributed by atoms with van der Waals surface area (Å²) < 4.78 is 0.899. The molecule has 2 nitrogen and oxygen atoms in total. The number of aromatic nitrogens is 1. The van der Waals surface area contributed by atoms with Crippen molar-refractivity contribution in [3.05, 3.63) is 34.1 Å². The van der Waals surface area contributed by atoms with E-state index < -0.39 is 0 Å². The number of aryl methyl sites for hydroxylation is 1. The monoisotopic (exact) mass is 308 g/mol. The normalized spacial score (nSPS) is 23.7. The Morgan fingerprint density at radius 1 is 1.39 bits per heavy atom. The van der Waals surface area contributed by atoms with Crippen LogP contribution < -0.4 is 5.32 Å². The molecule has 1 aliphatic carbocycles. The average molecular weight is 309 g/mol. The molecule has 2 unspecified atom stereocenters. The van der Waals surface area contributed by atoms with E-state index in [4.69, 9.17) is 0 Å². The molecular formula is C15H21BrN2. The van der Waals surface area contributed by atoms with E-state index in [1.165, 1.54) is 18.4 Å². The molecule has 0 fully saturated rings. The maximum Gasteiger partial charge on any atom is 0.106 e. The Morgan fingerprint density at radius 2 is 2.17 bits per heavy atom. The molecule has 98 valence electrons. The van der Waals surface area contributed by atoms with Crippen LogP contribution in [0.15, 0.2) is 28.4 Å². The zero-order valence-electron chi connectivity index (χ0n) is 11.3. The fourth-order valence-electron chi connectivity index (χ4n) is 2.81. The average Bonchev–Trinajstić information content (AvgIpc) is 2.26. The zero-order valence-corrected chi connectivity index (χ0v) is 12.9. The molecule has 0 saturated heterocycles. The lowest BCUT2D eigenvalue weighted by molar-refractivity contribution is 0.421. The Morgan fingerprint density at radius 3 is 2.83 bits per heavy atom. The SMILES string of the molecule is CC1=CC(C)CC(CNc2ccc(Br)nc2C)C1. The van der Waals surface area contributed by atoms with Gasteiger partial charge in [-0.2, -0.15) is 0 Å². The van der Waals surface area contributed by atoms with Crippen molar-refractivity contribution < 1.29 is 0 Å². The summed E-state index contributed by atoms with van der Waals surface area (Å²) in [7, 11) is 0. The summed E-state index contributed by atoms with van der Waals surface area (Å²) in [6.45, 7) is 7.64. The van der Waals surface area contributed by atoms with Gasteiger partial charge in [-0.3, -0.25) is 0 Å². The van der Waals surface area contributed by atoms with Crippen LogP contribution in [-0.2, 0) is 0 Å². The maximum atomic E-state index is 4.41. The highest BCUT2D eigenvalue weighted by Crippen LogP contribution is 2.28. The largest absolute Gasteiger partial charge is 0.383 e. The van der Waals surface area contributed by atoms with Crippen molar-refractivity contribution in [1.82, 2.24) is 4.98 Å². The second-order valence-corrected chi connectivity index (χ2v) is 6.26. The van der Waals surface area contributed by atoms with Crippen molar-refractivity contribution in [3.63, 3.8) is 0 Å². The van der Waals surface area contributed by atoms with E-state index >= 15 is 0 Å². The first-order chi connectivity index (χ1) is 8.54. The number of anilines is 1.